The van der Waals surface area contributed by atoms with Crippen LogP contribution in [-0.2, 0) is 6.42 Å². The van der Waals surface area contributed by atoms with Crippen LogP contribution in [0, 0.1) is 17.0 Å². The molecule has 0 saturated carbocycles. The highest BCUT2D eigenvalue weighted by Crippen LogP contribution is 2.32. The molecule has 0 N–H and O–H groups in total. The van der Waals surface area contributed by atoms with Crippen molar-refractivity contribution in [2.75, 3.05) is 0 Å². The van der Waals surface area contributed by atoms with E-state index < -0.39 is 4.92 Å². The molecule has 0 spiro atoms. The molecule has 0 aliphatic heterocycles. The van der Waals surface area contributed by atoms with Gasteiger partial charge in [-0.25, -0.2) is 4.98 Å². The molecule has 0 bridgehead atoms. The SMILES string of the molecule is CCc1ccc(Oc2cc(C)nc(-c3cccnc3)n2)c([N+](=O)[O-])c1. The third-order valence-electron chi connectivity index (χ3n) is 3.59. The number of hydrogen-bond donors (Lipinski definition) is 0. The summed E-state index contributed by atoms with van der Waals surface area (Å²) < 4.78 is 5.70. The van der Waals surface area contributed by atoms with Gasteiger partial charge in [-0.3, -0.25) is 15.1 Å². The second-order valence-corrected chi connectivity index (χ2v) is 5.43. The lowest BCUT2D eigenvalue weighted by Crippen LogP contribution is -1.99. The molecule has 0 aliphatic rings. The maximum absolute atomic E-state index is 11.3. The molecule has 126 valence electrons. The molecule has 2 heterocycles. The first-order valence-corrected chi connectivity index (χ1v) is 7.78. The standard InChI is InChI=1S/C18H16N4O3/c1-3-13-6-7-16(15(10-13)22(23)24)25-17-9-12(2)20-18(21-17)14-5-4-8-19-11-14/h4-11H,3H2,1-2H3. The Morgan fingerprint density at radius 3 is 2.72 bits per heavy atom. The van der Waals surface area contributed by atoms with E-state index in [0.29, 0.717) is 17.9 Å². The van der Waals surface area contributed by atoms with Gasteiger partial charge >= 0.3 is 5.69 Å². The Bertz CT molecular complexity index is 913. The highest BCUT2D eigenvalue weighted by atomic mass is 16.6. The molecule has 0 unspecified atom stereocenters. The quantitative estimate of drug-likeness (QED) is 0.514. The minimum atomic E-state index is -0.454. The van der Waals surface area contributed by atoms with Crippen molar-refractivity contribution in [2.45, 2.75) is 20.3 Å². The first kappa shape index (κ1) is 16.5. The van der Waals surface area contributed by atoms with Gasteiger partial charge in [0.15, 0.2) is 5.82 Å². The van der Waals surface area contributed by atoms with Crippen LogP contribution in [0.25, 0.3) is 11.4 Å². The fourth-order valence-corrected chi connectivity index (χ4v) is 2.34. The lowest BCUT2D eigenvalue weighted by molar-refractivity contribution is -0.385. The zero-order chi connectivity index (χ0) is 17.8. The van der Waals surface area contributed by atoms with Crippen molar-refractivity contribution < 1.29 is 9.66 Å². The van der Waals surface area contributed by atoms with Gasteiger partial charge in [-0.1, -0.05) is 13.0 Å². The van der Waals surface area contributed by atoms with Gasteiger partial charge in [-0.05, 0) is 37.1 Å². The van der Waals surface area contributed by atoms with Crippen molar-refractivity contribution in [3.05, 3.63) is 70.2 Å². The predicted octanol–water partition coefficient (Wildman–Crippen LogP) is 4.11. The molecule has 3 rings (SSSR count). The number of rotatable bonds is 5. The molecule has 0 aliphatic carbocycles. The van der Waals surface area contributed by atoms with E-state index in [9.17, 15) is 10.1 Å². The molecule has 0 amide bonds. The Balaban J connectivity index is 1.99. The van der Waals surface area contributed by atoms with Gasteiger partial charge in [0.1, 0.15) is 0 Å². The maximum Gasteiger partial charge on any atom is 0.311 e. The minimum Gasteiger partial charge on any atom is -0.432 e. The van der Waals surface area contributed by atoms with E-state index in [1.165, 1.54) is 6.07 Å². The molecular weight excluding hydrogens is 320 g/mol. The summed E-state index contributed by atoms with van der Waals surface area (Å²) in [4.78, 5) is 23.6. The summed E-state index contributed by atoms with van der Waals surface area (Å²) in [6.45, 7) is 3.75. The molecule has 3 aromatic rings. The van der Waals surface area contributed by atoms with Crippen LogP contribution >= 0.6 is 0 Å². The van der Waals surface area contributed by atoms with Crippen LogP contribution in [0.3, 0.4) is 0 Å². The second-order valence-electron chi connectivity index (χ2n) is 5.43. The highest BCUT2D eigenvalue weighted by Gasteiger charge is 2.17. The van der Waals surface area contributed by atoms with Crippen molar-refractivity contribution in [1.29, 1.82) is 0 Å². The molecule has 0 fully saturated rings. The van der Waals surface area contributed by atoms with Crippen LogP contribution in [0.4, 0.5) is 5.69 Å². The Labute approximate surface area is 144 Å². The lowest BCUT2D eigenvalue weighted by Gasteiger charge is -2.09. The van der Waals surface area contributed by atoms with Gasteiger partial charge in [0.05, 0.1) is 4.92 Å². The number of aromatic nitrogens is 3. The van der Waals surface area contributed by atoms with Crippen LogP contribution in [0.5, 0.6) is 11.6 Å². The Morgan fingerprint density at radius 2 is 2.04 bits per heavy atom. The third kappa shape index (κ3) is 3.77. The van der Waals surface area contributed by atoms with Gasteiger partial charge in [0.25, 0.3) is 0 Å². The van der Waals surface area contributed by atoms with Crippen molar-refractivity contribution in [3.8, 4) is 23.0 Å². The number of nitrogens with zero attached hydrogens (tertiary/aromatic N) is 4. The molecule has 7 heteroatoms. The number of pyridine rings is 1. The number of ether oxygens (including phenoxy) is 1. The average molecular weight is 336 g/mol. The summed E-state index contributed by atoms with van der Waals surface area (Å²) in [5.74, 6) is 0.854. The largest absolute Gasteiger partial charge is 0.432 e. The molecular formula is C18H16N4O3. The topological polar surface area (TPSA) is 91.0 Å². The van der Waals surface area contributed by atoms with Crippen LogP contribution < -0.4 is 4.74 Å². The zero-order valence-electron chi connectivity index (χ0n) is 13.8. The summed E-state index contributed by atoms with van der Waals surface area (Å²) in [6.07, 6.45) is 4.02. The van der Waals surface area contributed by atoms with E-state index in [1.807, 2.05) is 19.9 Å². The van der Waals surface area contributed by atoms with E-state index in [4.69, 9.17) is 4.74 Å². The number of benzene rings is 1. The molecule has 0 atom stereocenters. The molecule has 25 heavy (non-hydrogen) atoms. The van der Waals surface area contributed by atoms with Crippen LogP contribution in [0.2, 0.25) is 0 Å². The van der Waals surface area contributed by atoms with Gasteiger partial charge in [0, 0.05) is 35.8 Å². The molecule has 7 nitrogen and oxygen atoms in total. The van der Waals surface area contributed by atoms with Crippen LogP contribution in [0.15, 0.2) is 48.8 Å². The summed E-state index contributed by atoms with van der Waals surface area (Å²) >= 11 is 0. The molecule has 0 radical (unpaired) electrons. The van der Waals surface area contributed by atoms with Crippen LogP contribution in [-0.4, -0.2) is 19.9 Å². The van der Waals surface area contributed by atoms with E-state index in [0.717, 1.165) is 11.1 Å². The number of nitro benzene ring substituents is 1. The molecule has 2 aromatic heterocycles. The first-order chi connectivity index (χ1) is 12.1. The van der Waals surface area contributed by atoms with Gasteiger partial charge in [-0.2, -0.15) is 4.98 Å². The second kappa shape index (κ2) is 7.04. The fourth-order valence-electron chi connectivity index (χ4n) is 2.34. The first-order valence-electron chi connectivity index (χ1n) is 7.78. The molecule has 1 aromatic carbocycles. The maximum atomic E-state index is 11.3. The van der Waals surface area contributed by atoms with Crippen molar-refractivity contribution >= 4 is 5.69 Å². The van der Waals surface area contributed by atoms with Gasteiger partial charge < -0.3 is 4.74 Å². The summed E-state index contributed by atoms with van der Waals surface area (Å²) in [5, 5.41) is 11.3. The number of nitro groups is 1. The third-order valence-corrected chi connectivity index (χ3v) is 3.59. The zero-order valence-corrected chi connectivity index (χ0v) is 13.8. The summed E-state index contributed by atoms with van der Waals surface area (Å²) in [7, 11) is 0. The predicted molar refractivity (Wildman–Crippen MR) is 92.5 cm³/mol. The minimum absolute atomic E-state index is 0.0847. The fraction of sp³-hybridized carbons (Fsp3) is 0.167. The van der Waals surface area contributed by atoms with Crippen LogP contribution in [0.1, 0.15) is 18.2 Å². The number of aryl methyl sites for hydroxylation is 2. The Kier molecular flexibility index (Phi) is 4.65. The monoisotopic (exact) mass is 336 g/mol. The average Bonchev–Trinajstić information content (AvgIpc) is 2.62. The molecule has 0 saturated heterocycles. The van der Waals surface area contributed by atoms with E-state index in [2.05, 4.69) is 15.0 Å². The lowest BCUT2D eigenvalue weighted by atomic mass is 10.1. The highest BCUT2D eigenvalue weighted by molar-refractivity contribution is 5.55. The Hall–Kier alpha value is -3.35. The Morgan fingerprint density at radius 1 is 1.20 bits per heavy atom. The smallest absolute Gasteiger partial charge is 0.311 e. The normalized spacial score (nSPS) is 10.5. The van der Waals surface area contributed by atoms with Gasteiger partial charge in [-0.15, -0.1) is 0 Å². The summed E-state index contributed by atoms with van der Waals surface area (Å²) in [6, 6.07) is 10.2. The van der Waals surface area contributed by atoms with Crippen molar-refractivity contribution in [3.63, 3.8) is 0 Å². The van der Waals surface area contributed by atoms with E-state index in [1.54, 1.807) is 36.7 Å². The van der Waals surface area contributed by atoms with Gasteiger partial charge in [0.2, 0.25) is 11.6 Å². The van der Waals surface area contributed by atoms with E-state index in [-0.39, 0.29) is 17.3 Å². The number of hydrogen-bond acceptors (Lipinski definition) is 6. The summed E-state index contributed by atoms with van der Waals surface area (Å²) in [5.41, 5.74) is 2.22. The van der Waals surface area contributed by atoms with Crippen molar-refractivity contribution in [2.24, 2.45) is 0 Å². The van der Waals surface area contributed by atoms with Crippen molar-refractivity contribution in [1.82, 2.24) is 15.0 Å². The van der Waals surface area contributed by atoms with E-state index >= 15 is 0 Å².